The van der Waals surface area contributed by atoms with Gasteiger partial charge in [0.2, 0.25) is 0 Å². The molecule has 1 aromatic rings. The number of rotatable bonds is 3. The fourth-order valence-electron chi connectivity index (χ4n) is 2.88. The van der Waals surface area contributed by atoms with Crippen molar-refractivity contribution >= 4 is 5.71 Å². The van der Waals surface area contributed by atoms with Crippen molar-refractivity contribution < 1.29 is 0 Å². The van der Waals surface area contributed by atoms with Gasteiger partial charge in [0.25, 0.3) is 0 Å². The number of allylic oxidation sites excluding steroid dienone is 2. The fraction of sp³-hybridized carbons (Fsp3) is 0.545. The number of hydrogen-bond donors (Lipinski definition) is 2. The SMILES string of the molecule is C/C(N)=C(\C#N)C(=N)c1cccc(C)c1.CC.CCC1CCCCC1. The van der Waals surface area contributed by atoms with Crippen LogP contribution < -0.4 is 5.73 Å². The molecule has 0 radical (unpaired) electrons. The van der Waals surface area contributed by atoms with Gasteiger partial charge in [0, 0.05) is 11.3 Å². The van der Waals surface area contributed by atoms with Crippen molar-refractivity contribution in [2.24, 2.45) is 11.7 Å². The van der Waals surface area contributed by atoms with Crippen LogP contribution in [0.15, 0.2) is 35.5 Å². The van der Waals surface area contributed by atoms with E-state index in [1.807, 2.05) is 45.0 Å². The first-order chi connectivity index (χ1) is 12.0. The van der Waals surface area contributed by atoms with Crippen molar-refractivity contribution in [3.05, 3.63) is 46.7 Å². The summed E-state index contributed by atoms with van der Waals surface area (Å²) in [5.74, 6) is 1.09. The van der Waals surface area contributed by atoms with Gasteiger partial charge in [-0.15, -0.1) is 0 Å². The molecule has 3 nitrogen and oxygen atoms in total. The number of nitrogens with two attached hydrogens (primary N) is 1. The third-order valence-corrected chi connectivity index (χ3v) is 4.36. The van der Waals surface area contributed by atoms with E-state index in [9.17, 15) is 0 Å². The topological polar surface area (TPSA) is 73.7 Å². The molecular weight excluding hydrogens is 306 g/mol. The molecule has 0 aromatic heterocycles. The average Bonchev–Trinajstić information content (AvgIpc) is 2.65. The molecule has 0 atom stereocenters. The Hall–Kier alpha value is -2.08. The first kappa shape index (κ1) is 22.9. The Morgan fingerprint density at radius 3 is 2.24 bits per heavy atom. The number of nitrogens with zero attached hydrogens (tertiary/aromatic N) is 1. The molecule has 1 aromatic carbocycles. The van der Waals surface area contributed by atoms with Crippen LogP contribution >= 0.6 is 0 Å². The smallest absolute Gasteiger partial charge is 0.103 e. The van der Waals surface area contributed by atoms with E-state index in [-0.39, 0.29) is 11.3 Å². The van der Waals surface area contributed by atoms with Crippen LogP contribution in [0.3, 0.4) is 0 Å². The van der Waals surface area contributed by atoms with Gasteiger partial charge in [-0.1, -0.05) is 83.1 Å². The molecule has 3 heteroatoms. The molecule has 0 amide bonds. The quantitative estimate of drug-likeness (QED) is 0.513. The van der Waals surface area contributed by atoms with Crippen molar-refractivity contribution in [3.8, 4) is 6.07 Å². The highest BCUT2D eigenvalue weighted by Crippen LogP contribution is 2.25. The number of nitriles is 1. The maximum Gasteiger partial charge on any atom is 0.103 e. The number of aryl methyl sites for hydroxylation is 1. The van der Waals surface area contributed by atoms with Crippen LogP contribution in [0, 0.1) is 29.6 Å². The second kappa shape index (κ2) is 13.2. The molecule has 138 valence electrons. The first-order valence-electron chi connectivity index (χ1n) is 9.52. The molecule has 1 fully saturated rings. The molecule has 1 aliphatic carbocycles. The highest BCUT2D eigenvalue weighted by atomic mass is 14.6. The Kier molecular flexibility index (Phi) is 12.1. The predicted molar refractivity (Wildman–Crippen MR) is 109 cm³/mol. The van der Waals surface area contributed by atoms with E-state index in [0.29, 0.717) is 5.70 Å². The van der Waals surface area contributed by atoms with Gasteiger partial charge in [0.05, 0.1) is 11.3 Å². The Morgan fingerprint density at radius 2 is 1.84 bits per heavy atom. The lowest BCUT2D eigenvalue weighted by atomic mass is 9.88. The van der Waals surface area contributed by atoms with E-state index in [1.165, 1.54) is 38.5 Å². The zero-order valence-electron chi connectivity index (χ0n) is 16.7. The minimum absolute atomic E-state index is 0.182. The Balaban J connectivity index is 0.000000483. The molecule has 25 heavy (non-hydrogen) atoms. The number of nitrogens with one attached hydrogen (secondary N) is 1. The van der Waals surface area contributed by atoms with Crippen LogP contribution in [-0.4, -0.2) is 5.71 Å². The van der Waals surface area contributed by atoms with Crippen LogP contribution in [0.4, 0.5) is 0 Å². The van der Waals surface area contributed by atoms with E-state index in [2.05, 4.69) is 6.92 Å². The van der Waals surface area contributed by atoms with Gasteiger partial charge < -0.3 is 5.73 Å². The van der Waals surface area contributed by atoms with E-state index in [1.54, 1.807) is 13.0 Å². The normalized spacial score (nSPS) is 14.7. The maximum absolute atomic E-state index is 8.87. The molecule has 0 aliphatic heterocycles. The Morgan fingerprint density at radius 1 is 1.24 bits per heavy atom. The van der Waals surface area contributed by atoms with Crippen LogP contribution in [0.5, 0.6) is 0 Å². The zero-order chi connectivity index (χ0) is 19.2. The summed E-state index contributed by atoms with van der Waals surface area (Å²) in [6.07, 6.45) is 8.93. The van der Waals surface area contributed by atoms with Crippen LogP contribution in [0.1, 0.15) is 77.3 Å². The predicted octanol–water partition coefficient (Wildman–Crippen LogP) is 6.12. The lowest BCUT2D eigenvalue weighted by Gasteiger charge is -2.18. The van der Waals surface area contributed by atoms with Gasteiger partial charge in [-0.2, -0.15) is 5.26 Å². The first-order valence-corrected chi connectivity index (χ1v) is 9.52. The van der Waals surface area contributed by atoms with Gasteiger partial charge in [0.1, 0.15) is 6.07 Å². The van der Waals surface area contributed by atoms with Crippen molar-refractivity contribution in [1.82, 2.24) is 0 Å². The second-order valence-electron chi connectivity index (χ2n) is 6.33. The van der Waals surface area contributed by atoms with Crippen molar-refractivity contribution in [3.63, 3.8) is 0 Å². The van der Waals surface area contributed by atoms with Gasteiger partial charge >= 0.3 is 0 Å². The fourth-order valence-corrected chi connectivity index (χ4v) is 2.88. The van der Waals surface area contributed by atoms with Crippen LogP contribution in [-0.2, 0) is 0 Å². The summed E-state index contributed by atoms with van der Waals surface area (Å²) in [7, 11) is 0. The van der Waals surface area contributed by atoms with E-state index >= 15 is 0 Å². The molecule has 3 N–H and O–H groups in total. The van der Waals surface area contributed by atoms with Gasteiger partial charge in [-0.25, -0.2) is 0 Å². The summed E-state index contributed by atoms with van der Waals surface area (Å²) in [4.78, 5) is 0. The second-order valence-corrected chi connectivity index (χ2v) is 6.33. The van der Waals surface area contributed by atoms with Gasteiger partial charge in [0.15, 0.2) is 0 Å². The molecule has 1 saturated carbocycles. The minimum atomic E-state index is 0.182. The van der Waals surface area contributed by atoms with Crippen molar-refractivity contribution in [2.45, 2.75) is 73.1 Å². The van der Waals surface area contributed by atoms with Crippen LogP contribution in [0.25, 0.3) is 0 Å². The third-order valence-electron chi connectivity index (χ3n) is 4.36. The summed E-state index contributed by atoms with van der Waals surface area (Å²) < 4.78 is 0. The molecule has 0 saturated heterocycles. The third kappa shape index (κ3) is 8.54. The highest BCUT2D eigenvalue weighted by Gasteiger charge is 2.10. The van der Waals surface area contributed by atoms with Gasteiger partial charge in [-0.05, 0) is 25.8 Å². The van der Waals surface area contributed by atoms with E-state index < -0.39 is 0 Å². The summed E-state index contributed by atoms with van der Waals surface area (Å²) in [6.45, 7) is 9.89. The summed E-state index contributed by atoms with van der Waals surface area (Å²) >= 11 is 0. The highest BCUT2D eigenvalue weighted by molar-refractivity contribution is 6.13. The summed E-state index contributed by atoms with van der Waals surface area (Å²) in [5.41, 5.74) is 8.12. The molecule has 2 rings (SSSR count). The average molecular weight is 342 g/mol. The van der Waals surface area contributed by atoms with Crippen molar-refractivity contribution in [1.29, 1.82) is 10.7 Å². The summed E-state index contributed by atoms with van der Waals surface area (Å²) in [6, 6.07) is 9.42. The molecule has 1 aliphatic rings. The van der Waals surface area contributed by atoms with E-state index in [0.717, 1.165) is 17.0 Å². The Bertz CT molecular complexity index is 584. The van der Waals surface area contributed by atoms with Gasteiger partial charge in [-0.3, -0.25) is 5.41 Å². The molecule has 0 spiro atoms. The molecule has 0 heterocycles. The van der Waals surface area contributed by atoms with E-state index in [4.69, 9.17) is 16.4 Å². The standard InChI is InChI=1S/C12H13N3.C8H16.C2H6/c1-8-4-3-5-10(6-8)12(15)11(7-13)9(2)14;1-2-8-6-4-3-5-7-8;1-2/h3-6,15H,14H2,1-2H3;8H,2-7H2,1H3;1-2H3/b11-9-,15-12?;;. The zero-order valence-corrected chi connectivity index (χ0v) is 16.7. The summed E-state index contributed by atoms with van der Waals surface area (Å²) in [5, 5.41) is 16.7. The number of benzene rings is 1. The molecule has 0 unspecified atom stereocenters. The van der Waals surface area contributed by atoms with Crippen LogP contribution in [0.2, 0.25) is 0 Å². The largest absolute Gasteiger partial charge is 0.401 e. The lowest BCUT2D eigenvalue weighted by molar-refractivity contribution is 0.349. The molecule has 0 bridgehead atoms. The maximum atomic E-state index is 8.87. The Labute approximate surface area is 154 Å². The lowest BCUT2D eigenvalue weighted by Crippen LogP contribution is -2.08. The van der Waals surface area contributed by atoms with Crippen molar-refractivity contribution in [2.75, 3.05) is 0 Å². The minimum Gasteiger partial charge on any atom is -0.401 e. The monoisotopic (exact) mass is 341 g/mol. The number of hydrogen-bond acceptors (Lipinski definition) is 3. The molecular formula is C22H35N3.